The highest BCUT2D eigenvalue weighted by molar-refractivity contribution is 5.97. The molecule has 4 nitrogen and oxygen atoms in total. The Morgan fingerprint density at radius 1 is 0.468 bits per heavy atom. The summed E-state index contributed by atoms with van der Waals surface area (Å²) in [6.07, 6.45) is 3.66. The molecule has 0 radical (unpaired) electrons. The van der Waals surface area contributed by atoms with Crippen LogP contribution in [-0.2, 0) is 0 Å². The first-order valence-electron chi connectivity index (χ1n) is 15.4. The van der Waals surface area contributed by atoms with E-state index >= 15 is 0 Å². The molecule has 0 atom stereocenters. The first-order valence-corrected chi connectivity index (χ1v) is 15.4. The molecular weight excluding hydrogens is 574 g/mol. The van der Waals surface area contributed by atoms with Crippen LogP contribution in [0, 0.1) is 11.3 Å². The van der Waals surface area contributed by atoms with E-state index in [1.165, 1.54) is 5.56 Å². The number of nitrogens with zero attached hydrogens (tertiary/aromatic N) is 3. The summed E-state index contributed by atoms with van der Waals surface area (Å²) in [6, 6.07) is 53.8. The average Bonchev–Trinajstić information content (AvgIpc) is 3.60. The highest BCUT2D eigenvalue weighted by Crippen LogP contribution is 2.38. The van der Waals surface area contributed by atoms with E-state index in [0.717, 1.165) is 66.7 Å². The van der Waals surface area contributed by atoms with E-state index in [9.17, 15) is 5.26 Å². The van der Waals surface area contributed by atoms with Crippen molar-refractivity contribution in [2.75, 3.05) is 0 Å². The van der Waals surface area contributed by atoms with Gasteiger partial charge in [-0.3, -0.25) is 4.98 Å². The second-order valence-electron chi connectivity index (χ2n) is 11.4. The molecule has 0 amide bonds. The molecule has 0 aliphatic rings. The maximum atomic E-state index is 9.27. The van der Waals surface area contributed by atoms with Gasteiger partial charge in [0, 0.05) is 23.5 Å². The van der Waals surface area contributed by atoms with E-state index in [0.29, 0.717) is 11.5 Å². The standard InChI is InChI=1S/C43H27N3O/c44-27-29-11-13-32(14-12-29)36-8-4-9-37(24-36)40-25-39(34-17-15-33(16-18-34)38-10-5-23-45-28-38)26-41-42(40)46-43(47-41)35-21-19-31(20-22-35)30-6-2-1-3-7-30/h1-26,28H. The van der Waals surface area contributed by atoms with Crippen molar-refractivity contribution in [1.82, 2.24) is 9.97 Å². The predicted octanol–water partition coefficient (Wildman–Crippen LogP) is 11.1. The van der Waals surface area contributed by atoms with Crippen LogP contribution in [0.1, 0.15) is 5.56 Å². The maximum Gasteiger partial charge on any atom is 0.227 e. The molecule has 0 saturated carbocycles. The zero-order chi connectivity index (χ0) is 31.6. The molecule has 2 heterocycles. The van der Waals surface area contributed by atoms with Gasteiger partial charge in [-0.05, 0) is 98.6 Å². The fourth-order valence-corrected chi connectivity index (χ4v) is 5.97. The zero-order valence-corrected chi connectivity index (χ0v) is 25.3. The molecule has 0 bridgehead atoms. The molecule has 0 saturated heterocycles. The second-order valence-corrected chi connectivity index (χ2v) is 11.4. The van der Waals surface area contributed by atoms with Gasteiger partial charge in [-0.15, -0.1) is 0 Å². The van der Waals surface area contributed by atoms with Crippen molar-refractivity contribution in [3.63, 3.8) is 0 Å². The molecule has 0 aliphatic heterocycles. The fourth-order valence-electron chi connectivity index (χ4n) is 5.97. The van der Waals surface area contributed by atoms with Gasteiger partial charge in [-0.25, -0.2) is 4.98 Å². The van der Waals surface area contributed by atoms with E-state index < -0.39 is 0 Å². The number of oxazole rings is 1. The van der Waals surface area contributed by atoms with Gasteiger partial charge in [0.2, 0.25) is 5.89 Å². The molecule has 0 fully saturated rings. The summed E-state index contributed by atoms with van der Waals surface area (Å²) in [5.41, 5.74) is 13.8. The number of pyridine rings is 1. The highest BCUT2D eigenvalue weighted by atomic mass is 16.3. The number of benzene rings is 6. The molecule has 8 rings (SSSR count). The van der Waals surface area contributed by atoms with Crippen LogP contribution in [0.5, 0.6) is 0 Å². The average molecular weight is 602 g/mol. The van der Waals surface area contributed by atoms with Gasteiger partial charge in [-0.1, -0.05) is 103 Å². The van der Waals surface area contributed by atoms with Gasteiger partial charge >= 0.3 is 0 Å². The van der Waals surface area contributed by atoms with Crippen molar-refractivity contribution in [2.45, 2.75) is 0 Å². The Balaban J connectivity index is 1.24. The Morgan fingerprint density at radius 2 is 1.04 bits per heavy atom. The van der Waals surface area contributed by atoms with Gasteiger partial charge in [0.1, 0.15) is 5.52 Å². The van der Waals surface area contributed by atoms with Crippen LogP contribution < -0.4 is 0 Å². The lowest BCUT2D eigenvalue weighted by atomic mass is 9.94. The van der Waals surface area contributed by atoms with Gasteiger partial charge in [0.25, 0.3) is 0 Å². The van der Waals surface area contributed by atoms with Crippen molar-refractivity contribution in [1.29, 1.82) is 5.26 Å². The van der Waals surface area contributed by atoms with E-state index in [4.69, 9.17) is 9.40 Å². The predicted molar refractivity (Wildman–Crippen MR) is 189 cm³/mol. The van der Waals surface area contributed by atoms with E-state index in [1.807, 2.05) is 54.7 Å². The summed E-state index contributed by atoms with van der Waals surface area (Å²) in [7, 11) is 0. The molecule has 0 unspecified atom stereocenters. The minimum absolute atomic E-state index is 0.577. The summed E-state index contributed by atoms with van der Waals surface area (Å²) in [5, 5.41) is 9.27. The molecule has 2 aromatic heterocycles. The van der Waals surface area contributed by atoms with Crippen LogP contribution >= 0.6 is 0 Å². The third-order valence-corrected chi connectivity index (χ3v) is 8.47. The summed E-state index contributed by atoms with van der Waals surface area (Å²) in [6.45, 7) is 0. The molecule has 0 aliphatic carbocycles. The molecule has 6 aromatic carbocycles. The first-order chi connectivity index (χ1) is 23.2. The minimum Gasteiger partial charge on any atom is -0.436 e. The smallest absolute Gasteiger partial charge is 0.227 e. The topological polar surface area (TPSA) is 62.7 Å². The van der Waals surface area contributed by atoms with Gasteiger partial charge in [0.05, 0.1) is 11.6 Å². The quantitative estimate of drug-likeness (QED) is 0.190. The van der Waals surface area contributed by atoms with Crippen LogP contribution in [0.15, 0.2) is 168 Å². The zero-order valence-electron chi connectivity index (χ0n) is 25.3. The number of aromatic nitrogens is 2. The molecule has 0 spiro atoms. The molecule has 8 aromatic rings. The summed E-state index contributed by atoms with van der Waals surface area (Å²) in [5.74, 6) is 0.577. The molecule has 47 heavy (non-hydrogen) atoms. The lowest BCUT2D eigenvalue weighted by Gasteiger charge is -2.10. The van der Waals surface area contributed by atoms with Crippen LogP contribution in [0.3, 0.4) is 0 Å². The SMILES string of the molecule is N#Cc1ccc(-c2cccc(-c3cc(-c4ccc(-c5cccnc5)cc4)cc4oc(-c5ccc(-c6ccccc6)cc5)nc34)c2)cc1. The van der Waals surface area contributed by atoms with Crippen molar-refractivity contribution < 1.29 is 4.42 Å². The number of hydrogen-bond donors (Lipinski definition) is 0. The lowest BCUT2D eigenvalue weighted by molar-refractivity contribution is 0.620. The number of rotatable bonds is 6. The molecular formula is C43H27N3O. The summed E-state index contributed by atoms with van der Waals surface area (Å²) >= 11 is 0. The Bertz CT molecular complexity index is 2370. The van der Waals surface area contributed by atoms with Crippen LogP contribution in [0.2, 0.25) is 0 Å². The monoisotopic (exact) mass is 601 g/mol. The normalized spacial score (nSPS) is 11.0. The Hall–Kier alpha value is -6.57. The minimum atomic E-state index is 0.577. The van der Waals surface area contributed by atoms with Crippen LogP contribution in [0.4, 0.5) is 0 Å². The molecule has 0 N–H and O–H groups in total. The third kappa shape index (κ3) is 5.59. The Morgan fingerprint density at radius 3 is 1.74 bits per heavy atom. The number of hydrogen-bond acceptors (Lipinski definition) is 4. The fraction of sp³-hybridized carbons (Fsp3) is 0. The molecule has 4 heteroatoms. The maximum absolute atomic E-state index is 9.27. The van der Waals surface area contributed by atoms with Crippen molar-refractivity contribution >= 4 is 11.1 Å². The van der Waals surface area contributed by atoms with E-state index in [1.54, 1.807) is 6.20 Å². The van der Waals surface area contributed by atoms with Gasteiger partial charge in [0.15, 0.2) is 5.58 Å². The molecule has 220 valence electrons. The van der Waals surface area contributed by atoms with E-state index in [-0.39, 0.29) is 0 Å². The largest absolute Gasteiger partial charge is 0.436 e. The van der Waals surface area contributed by atoms with Crippen molar-refractivity contribution in [2.24, 2.45) is 0 Å². The first kappa shape index (κ1) is 27.9. The Labute approximate surface area is 272 Å². The highest BCUT2D eigenvalue weighted by Gasteiger charge is 2.17. The number of fused-ring (bicyclic) bond motifs is 1. The van der Waals surface area contributed by atoms with Crippen molar-refractivity contribution in [3.8, 4) is 73.2 Å². The van der Waals surface area contributed by atoms with Gasteiger partial charge in [-0.2, -0.15) is 5.26 Å². The van der Waals surface area contributed by atoms with E-state index in [2.05, 4.69) is 114 Å². The summed E-state index contributed by atoms with van der Waals surface area (Å²) in [4.78, 5) is 9.34. The third-order valence-electron chi connectivity index (χ3n) is 8.47. The van der Waals surface area contributed by atoms with Crippen molar-refractivity contribution in [3.05, 3.63) is 170 Å². The van der Waals surface area contributed by atoms with Crippen LogP contribution in [0.25, 0.3) is 78.2 Å². The summed E-state index contributed by atoms with van der Waals surface area (Å²) < 4.78 is 6.51. The second kappa shape index (κ2) is 12.1. The number of nitriles is 1. The lowest BCUT2D eigenvalue weighted by Crippen LogP contribution is -1.87. The van der Waals surface area contributed by atoms with Crippen LogP contribution in [-0.4, -0.2) is 9.97 Å². The Kier molecular flexibility index (Phi) is 7.18. The van der Waals surface area contributed by atoms with Gasteiger partial charge < -0.3 is 4.42 Å².